The van der Waals surface area contributed by atoms with Crippen LogP contribution < -0.4 is 4.74 Å². The second kappa shape index (κ2) is 9.94. The number of cyclic esters (lactones) is 1. The summed E-state index contributed by atoms with van der Waals surface area (Å²) < 4.78 is 42.5. The van der Waals surface area contributed by atoms with Crippen LogP contribution >= 0.6 is 0 Å². The van der Waals surface area contributed by atoms with Gasteiger partial charge in [-0.2, -0.15) is 0 Å². The predicted octanol–water partition coefficient (Wildman–Crippen LogP) is 4.05. The summed E-state index contributed by atoms with van der Waals surface area (Å²) in [7, 11) is 1.44. The molecule has 8 heteroatoms. The van der Waals surface area contributed by atoms with Crippen LogP contribution in [0.3, 0.4) is 0 Å². The number of hydrogen-bond donors (Lipinski definition) is 0. The smallest absolute Gasteiger partial charge is 0.342 e. The average molecular weight is 448 g/mol. The lowest BCUT2D eigenvalue weighted by Crippen LogP contribution is -2.30. The van der Waals surface area contributed by atoms with Gasteiger partial charge in [-0.25, -0.2) is 9.18 Å². The van der Waals surface area contributed by atoms with Crippen molar-refractivity contribution in [2.24, 2.45) is 5.92 Å². The highest BCUT2D eigenvalue weighted by Crippen LogP contribution is 2.33. The number of ether oxygens (including phenoxy) is 5. The molecule has 2 aliphatic rings. The fraction of sp³-hybridized carbons (Fsp3) is 0.500. The van der Waals surface area contributed by atoms with Gasteiger partial charge in [-0.05, 0) is 45.4 Å². The van der Waals surface area contributed by atoms with Crippen LogP contribution in [0.2, 0.25) is 0 Å². The van der Waals surface area contributed by atoms with Crippen LogP contribution in [0.5, 0.6) is 5.75 Å². The van der Waals surface area contributed by atoms with Gasteiger partial charge in [0.25, 0.3) is 0 Å². The highest BCUT2D eigenvalue weighted by molar-refractivity contribution is 5.97. The van der Waals surface area contributed by atoms with E-state index in [0.717, 1.165) is 0 Å². The monoisotopic (exact) mass is 448 g/mol. The van der Waals surface area contributed by atoms with E-state index in [1.54, 1.807) is 32.9 Å². The number of esters is 1. The first kappa shape index (κ1) is 24.1. The molecule has 0 aliphatic carbocycles. The molecule has 0 amide bonds. The van der Waals surface area contributed by atoms with Gasteiger partial charge in [0, 0.05) is 18.6 Å². The van der Waals surface area contributed by atoms with Crippen molar-refractivity contribution < 1.29 is 37.7 Å². The van der Waals surface area contributed by atoms with E-state index in [2.05, 4.69) is 0 Å². The minimum atomic E-state index is -0.928. The van der Waals surface area contributed by atoms with Gasteiger partial charge < -0.3 is 23.7 Å². The van der Waals surface area contributed by atoms with Gasteiger partial charge in [-0.3, -0.25) is 4.79 Å². The van der Waals surface area contributed by atoms with Crippen molar-refractivity contribution in [3.63, 3.8) is 0 Å². The summed E-state index contributed by atoms with van der Waals surface area (Å²) in [4.78, 5) is 25.8. The van der Waals surface area contributed by atoms with E-state index < -0.39 is 35.9 Å². The van der Waals surface area contributed by atoms with E-state index in [4.69, 9.17) is 23.7 Å². The molecular weight excluding hydrogens is 419 g/mol. The van der Waals surface area contributed by atoms with Gasteiger partial charge in [-0.1, -0.05) is 25.2 Å². The van der Waals surface area contributed by atoms with Crippen LogP contribution in [-0.4, -0.2) is 49.8 Å². The van der Waals surface area contributed by atoms with E-state index in [-0.39, 0.29) is 41.8 Å². The fourth-order valence-electron chi connectivity index (χ4n) is 3.59. The van der Waals surface area contributed by atoms with Crippen LogP contribution in [-0.2, 0) is 23.7 Å². The van der Waals surface area contributed by atoms with Crippen molar-refractivity contribution in [3.8, 4) is 5.75 Å². The molecule has 174 valence electrons. The van der Waals surface area contributed by atoms with Crippen molar-refractivity contribution in [2.45, 2.75) is 58.2 Å². The molecule has 2 heterocycles. The van der Waals surface area contributed by atoms with Crippen molar-refractivity contribution >= 4 is 17.8 Å². The van der Waals surface area contributed by atoms with E-state index in [9.17, 15) is 14.0 Å². The number of halogens is 1. The maximum absolute atomic E-state index is 14.8. The Morgan fingerprint density at radius 2 is 1.91 bits per heavy atom. The maximum Gasteiger partial charge on any atom is 0.342 e. The predicted molar refractivity (Wildman–Crippen MR) is 115 cm³/mol. The van der Waals surface area contributed by atoms with Crippen LogP contribution in [0, 0.1) is 11.7 Å². The number of benzene rings is 1. The molecule has 0 unspecified atom stereocenters. The van der Waals surface area contributed by atoms with Crippen LogP contribution in [0.1, 0.15) is 50.0 Å². The quantitative estimate of drug-likeness (QED) is 0.510. The third-order valence-electron chi connectivity index (χ3n) is 5.40. The molecule has 32 heavy (non-hydrogen) atoms. The summed E-state index contributed by atoms with van der Waals surface area (Å²) in [6, 6.07) is 2.58. The summed E-state index contributed by atoms with van der Waals surface area (Å²) in [5.41, 5.74) is -0.00737. The molecule has 0 radical (unpaired) electrons. The summed E-state index contributed by atoms with van der Waals surface area (Å²) in [5, 5.41) is 0. The first-order chi connectivity index (χ1) is 15.1. The lowest BCUT2D eigenvalue weighted by atomic mass is 9.99. The normalized spacial score (nSPS) is 28.9. The molecule has 0 spiro atoms. The number of ketones is 1. The molecule has 0 bridgehead atoms. The minimum absolute atomic E-state index is 0.0251. The SMILES string of the molecule is COCOc1ccc(F)c2c1C(=O)O[C@@H](C)[C@H](C)/C=C\C(=O)[C@H]1OC(C)(C)O[C@H]1CC=C2. The van der Waals surface area contributed by atoms with E-state index >= 15 is 0 Å². The van der Waals surface area contributed by atoms with Gasteiger partial charge in [0.15, 0.2) is 18.4 Å². The zero-order chi connectivity index (χ0) is 23.5. The number of hydrogen-bond acceptors (Lipinski definition) is 7. The molecule has 1 aromatic carbocycles. The van der Waals surface area contributed by atoms with E-state index in [1.807, 2.05) is 6.92 Å². The van der Waals surface area contributed by atoms with Crippen LogP contribution in [0.4, 0.5) is 4.39 Å². The van der Waals surface area contributed by atoms with Gasteiger partial charge in [-0.15, -0.1) is 0 Å². The second-order valence-electron chi connectivity index (χ2n) is 8.35. The molecule has 0 aromatic heterocycles. The van der Waals surface area contributed by atoms with E-state index in [0.29, 0.717) is 0 Å². The Kier molecular flexibility index (Phi) is 7.48. The van der Waals surface area contributed by atoms with Crippen molar-refractivity contribution in [1.29, 1.82) is 0 Å². The largest absolute Gasteiger partial charge is 0.467 e. The Morgan fingerprint density at radius 1 is 1.16 bits per heavy atom. The van der Waals surface area contributed by atoms with Gasteiger partial charge in [0.2, 0.25) is 0 Å². The molecular formula is C24H29FO7. The number of methoxy groups -OCH3 is 1. The van der Waals surface area contributed by atoms with Gasteiger partial charge in [0.1, 0.15) is 29.3 Å². The van der Waals surface area contributed by atoms with Gasteiger partial charge in [0.05, 0.1) is 6.10 Å². The third kappa shape index (κ3) is 5.43. The Balaban J connectivity index is 2.06. The molecule has 0 saturated carbocycles. The third-order valence-corrected chi connectivity index (χ3v) is 5.40. The van der Waals surface area contributed by atoms with Crippen LogP contribution in [0.25, 0.3) is 6.08 Å². The highest BCUT2D eigenvalue weighted by Gasteiger charge is 2.43. The van der Waals surface area contributed by atoms with E-state index in [1.165, 1.54) is 31.4 Å². The molecule has 2 aliphatic heterocycles. The molecule has 3 rings (SSSR count). The van der Waals surface area contributed by atoms with Crippen molar-refractivity contribution in [3.05, 3.63) is 47.3 Å². The highest BCUT2D eigenvalue weighted by atomic mass is 19.1. The van der Waals surface area contributed by atoms with Gasteiger partial charge >= 0.3 is 5.97 Å². The first-order valence-electron chi connectivity index (χ1n) is 10.5. The lowest BCUT2D eigenvalue weighted by Gasteiger charge is -2.20. The molecule has 1 fully saturated rings. The summed E-state index contributed by atoms with van der Waals surface area (Å²) >= 11 is 0. The zero-order valence-electron chi connectivity index (χ0n) is 18.9. The molecule has 1 aromatic rings. The number of rotatable bonds is 3. The topological polar surface area (TPSA) is 80.3 Å². The minimum Gasteiger partial charge on any atom is -0.467 e. The Morgan fingerprint density at radius 3 is 2.62 bits per heavy atom. The Labute approximate surface area is 187 Å². The van der Waals surface area contributed by atoms with Crippen molar-refractivity contribution in [1.82, 2.24) is 0 Å². The summed E-state index contributed by atoms with van der Waals surface area (Å²) in [6.45, 7) is 6.88. The second-order valence-corrected chi connectivity index (χ2v) is 8.35. The summed E-state index contributed by atoms with van der Waals surface area (Å²) in [6.07, 6.45) is 4.56. The Bertz CT molecular complexity index is 921. The standard InChI is InChI=1S/C24H29FO7/c1-14-9-11-18(26)22-20(31-24(3,4)32-22)8-6-7-16-17(25)10-12-19(29-13-28-5)21(16)23(27)30-15(14)2/h6-7,9-12,14-15,20,22H,8,13H2,1-5H3/b7-6?,11-9-/t14-,15+,20+,22-/m1/s1. The average Bonchev–Trinajstić information content (AvgIpc) is 3.05. The lowest BCUT2D eigenvalue weighted by molar-refractivity contribution is -0.152. The van der Waals surface area contributed by atoms with Crippen molar-refractivity contribution in [2.75, 3.05) is 13.9 Å². The first-order valence-corrected chi connectivity index (χ1v) is 10.5. The zero-order valence-corrected chi connectivity index (χ0v) is 18.9. The molecule has 0 N–H and O–H groups in total. The summed E-state index contributed by atoms with van der Waals surface area (Å²) in [5.74, 6) is -2.64. The fourth-order valence-corrected chi connectivity index (χ4v) is 3.59. The maximum atomic E-state index is 14.8. The molecule has 1 saturated heterocycles. The Hall–Kier alpha value is -2.55. The molecule has 4 atom stereocenters. The number of fused-ring (bicyclic) bond motifs is 2. The molecule has 7 nitrogen and oxygen atoms in total. The number of carbonyl (C=O) groups is 2. The number of carbonyl (C=O) groups excluding carboxylic acids is 2. The van der Waals surface area contributed by atoms with Crippen LogP contribution in [0.15, 0.2) is 30.4 Å².